The first kappa shape index (κ1) is 15.8. The van der Waals surface area contributed by atoms with E-state index in [2.05, 4.69) is 15.6 Å². The smallest absolute Gasteiger partial charge is 0.315 e. The van der Waals surface area contributed by atoms with E-state index in [0.29, 0.717) is 5.56 Å². The van der Waals surface area contributed by atoms with Crippen molar-refractivity contribution in [1.29, 1.82) is 0 Å². The average molecular weight is 303 g/mol. The third-order valence-electron chi connectivity index (χ3n) is 2.75. The number of hydrogen-bond donors (Lipinski definition) is 2. The van der Waals surface area contributed by atoms with Gasteiger partial charge in [-0.1, -0.05) is 18.2 Å². The molecule has 0 aliphatic rings. The standard InChI is InChI=1S/C16H18FN3O2/c1-11(2)20-16(21)19-10-12-6-5-9-18-15(12)22-14-8-4-3-7-13(14)17/h3-9,11H,10H2,1-2H3,(H2,19,20,21). The van der Waals surface area contributed by atoms with E-state index < -0.39 is 5.82 Å². The van der Waals surface area contributed by atoms with Crippen molar-refractivity contribution in [3.8, 4) is 11.6 Å². The lowest BCUT2D eigenvalue weighted by Crippen LogP contribution is -2.39. The van der Waals surface area contributed by atoms with Crippen molar-refractivity contribution in [3.05, 3.63) is 54.0 Å². The summed E-state index contributed by atoms with van der Waals surface area (Å²) in [5, 5.41) is 5.43. The highest BCUT2D eigenvalue weighted by Crippen LogP contribution is 2.25. The summed E-state index contributed by atoms with van der Waals surface area (Å²) in [6.45, 7) is 3.98. The molecule has 6 heteroatoms. The predicted molar refractivity (Wildman–Crippen MR) is 81.2 cm³/mol. The number of rotatable bonds is 5. The van der Waals surface area contributed by atoms with Crippen molar-refractivity contribution in [2.45, 2.75) is 26.4 Å². The molecule has 2 amide bonds. The quantitative estimate of drug-likeness (QED) is 0.891. The van der Waals surface area contributed by atoms with Crippen molar-refractivity contribution in [1.82, 2.24) is 15.6 Å². The van der Waals surface area contributed by atoms with Crippen molar-refractivity contribution in [3.63, 3.8) is 0 Å². The second kappa shape index (κ2) is 7.40. The summed E-state index contributed by atoms with van der Waals surface area (Å²) in [5.41, 5.74) is 0.657. The fourth-order valence-electron chi connectivity index (χ4n) is 1.77. The van der Waals surface area contributed by atoms with Crippen LogP contribution in [0.15, 0.2) is 42.6 Å². The Morgan fingerprint density at radius 2 is 2.05 bits per heavy atom. The van der Waals surface area contributed by atoms with Crippen LogP contribution in [0.3, 0.4) is 0 Å². The number of carbonyl (C=O) groups excluding carboxylic acids is 1. The number of nitrogens with one attached hydrogen (secondary N) is 2. The minimum atomic E-state index is -0.468. The topological polar surface area (TPSA) is 63.2 Å². The van der Waals surface area contributed by atoms with Gasteiger partial charge in [0, 0.05) is 24.3 Å². The predicted octanol–water partition coefficient (Wildman–Crippen LogP) is 3.22. The Kier molecular flexibility index (Phi) is 5.30. The van der Waals surface area contributed by atoms with E-state index in [0.717, 1.165) is 0 Å². The number of hydrogen-bond acceptors (Lipinski definition) is 3. The van der Waals surface area contributed by atoms with Crippen LogP contribution in [-0.2, 0) is 6.54 Å². The molecular weight excluding hydrogens is 285 g/mol. The van der Waals surface area contributed by atoms with Gasteiger partial charge in [-0.15, -0.1) is 0 Å². The summed E-state index contributed by atoms with van der Waals surface area (Å²) in [4.78, 5) is 15.7. The molecule has 0 fully saturated rings. The van der Waals surface area contributed by atoms with E-state index in [-0.39, 0.29) is 30.2 Å². The highest BCUT2D eigenvalue weighted by atomic mass is 19.1. The van der Waals surface area contributed by atoms with Crippen LogP contribution in [0, 0.1) is 5.82 Å². The highest BCUT2D eigenvalue weighted by molar-refractivity contribution is 5.74. The third-order valence-corrected chi connectivity index (χ3v) is 2.75. The molecule has 0 saturated heterocycles. The number of aromatic nitrogens is 1. The van der Waals surface area contributed by atoms with Gasteiger partial charge in [-0.25, -0.2) is 14.2 Å². The molecule has 0 atom stereocenters. The lowest BCUT2D eigenvalue weighted by Gasteiger charge is -2.13. The fraction of sp³-hybridized carbons (Fsp3) is 0.250. The van der Waals surface area contributed by atoms with Crippen molar-refractivity contribution < 1.29 is 13.9 Å². The summed E-state index contributed by atoms with van der Waals surface area (Å²) < 4.78 is 19.1. The molecule has 0 bridgehead atoms. The van der Waals surface area contributed by atoms with E-state index in [1.54, 1.807) is 30.5 Å². The molecule has 0 spiro atoms. The van der Waals surface area contributed by atoms with Crippen LogP contribution in [-0.4, -0.2) is 17.1 Å². The Morgan fingerprint density at radius 1 is 1.27 bits per heavy atom. The molecule has 0 aliphatic carbocycles. The number of amides is 2. The average Bonchev–Trinajstić information content (AvgIpc) is 2.48. The number of carbonyl (C=O) groups is 1. The maximum atomic E-state index is 13.6. The van der Waals surface area contributed by atoms with E-state index in [1.807, 2.05) is 13.8 Å². The first-order valence-electron chi connectivity index (χ1n) is 6.97. The largest absolute Gasteiger partial charge is 0.436 e. The monoisotopic (exact) mass is 303 g/mol. The first-order valence-corrected chi connectivity index (χ1v) is 6.97. The Hall–Kier alpha value is -2.63. The van der Waals surface area contributed by atoms with Gasteiger partial charge >= 0.3 is 6.03 Å². The third kappa shape index (κ3) is 4.44. The molecule has 1 heterocycles. The first-order chi connectivity index (χ1) is 10.6. The second-order valence-corrected chi connectivity index (χ2v) is 4.98. The van der Waals surface area contributed by atoms with Gasteiger partial charge in [0.25, 0.3) is 0 Å². The maximum Gasteiger partial charge on any atom is 0.315 e. The number of ether oxygens (including phenoxy) is 1. The minimum Gasteiger partial charge on any atom is -0.436 e. The lowest BCUT2D eigenvalue weighted by atomic mass is 10.2. The molecule has 0 aliphatic heterocycles. The number of para-hydroxylation sites is 1. The van der Waals surface area contributed by atoms with Gasteiger partial charge in [0.15, 0.2) is 11.6 Å². The number of nitrogens with zero attached hydrogens (tertiary/aromatic N) is 1. The van der Waals surface area contributed by atoms with Crippen LogP contribution in [0.2, 0.25) is 0 Å². The molecule has 5 nitrogen and oxygen atoms in total. The van der Waals surface area contributed by atoms with E-state index >= 15 is 0 Å². The van der Waals surface area contributed by atoms with Crippen LogP contribution < -0.4 is 15.4 Å². The molecule has 0 saturated carbocycles. The molecule has 2 N–H and O–H groups in total. The Labute approximate surface area is 128 Å². The molecule has 1 aromatic carbocycles. The van der Waals surface area contributed by atoms with Crippen LogP contribution >= 0.6 is 0 Å². The molecule has 0 unspecified atom stereocenters. The molecule has 0 radical (unpaired) electrons. The number of benzene rings is 1. The number of pyridine rings is 1. The molecule has 22 heavy (non-hydrogen) atoms. The second-order valence-electron chi connectivity index (χ2n) is 4.98. The molecule has 2 aromatic rings. The van der Waals surface area contributed by atoms with Crippen LogP contribution in [0.4, 0.5) is 9.18 Å². The van der Waals surface area contributed by atoms with E-state index in [9.17, 15) is 9.18 Å². The van der Waals surface area contributed by atoms with Gasteiger partial charge in [-0.05, 0) is 32.0 Å². The Morgan fingerprint density at radius 3 is 2.77 bits per heavy atom. The summed E-state index contributed by atoms with van der Waals surface area (Å²) >= 11 is 0. The zero-order valence-electron chi connectivity index (χ0n) is 12.5. The Bertz CT molecular complexity index is 647. The summed E-state index contributed by atoms with van der Waals surface area (Å²) in [6.07, 6.45) is 1.55. The normalized spacial score (nSPS) is 10.4. The van der Waals surface area contributed by atoms with Crippen LogP contribution in [0.1, 0.15) is 19.4 Å². The molecule has 2 rings (SSSR count). The summed E-state index contributed by atoms with van der Waals surface area (Å²) in [7, 11) is 0. The van der Waals surface area contributed by atoms with E-state index in [1.165, 1.54) is 12.1 Å². The zero-order chi connectivity index (χ0) is 15.9. The Balaban J connectivity index is 2.07. The van der Waals surface area contributed by atoms with Crippen molar-refractivity contribution in [2.24, 2.45) is 0 Å². The zero-order valence-corrected chi connectivity index (χ0v) is 12.5. The van der Waals surface area contributed by atoms with Gasteiger partial charge < -0.3 is 15.4 Å². The van der Waals surface area contributed by atoms with Crippen LogP contribution in [0.25, 0.3) is 0 Å². The molecular formula is C16H18FN3O2. The number of halogens is 1. The van der Waals surface area contributed by atoms with Gasteiger partial charge in [-0.2, -0.15) is 0 Å². The van der Waals surface area contributed by atoms with Gasteiger partial charge in [0.05, 0.1) is 0 Å². The molecule has 116 valence electrons. The van der Waals surface area contributed by atoms with E-state index in [4.69, 9.17) is 4.74 Å². The van der Waals surface area contributed by atoms with Gasteiger partial charge in [0.1, 0.15) is 0 Å². The highest BCUT2D eigenvalue weighted by Gasteiger charge is 2.10. The van der Waals surface area contributed by atoms with Crippen molar-refractivity contribution in [2.75, 3.05) is 0 Å². The number of urea groups is 1. The fourth-order valence-corrected chi connectivity index (χ4v) is 1.77. The lowest BCUT2D eigenvalue weighted by molar-refractivity contribution is 0.238. The minimum absolute atomic E-state index is 0.0445. The van der Waals surface area contributed by atoms with Crippen LogP contribution in [0.5, 0.6) is 11.6 Å². The van der Waals surface area contributed by atoms with Crippen molar-refractivity contribution >= 4 is 6.03 Å². The maximum absolute atomic E-state index is 13.6. The summed E-state index contributed by atoms with van der Waals surface area (Å²) in [6, 6.07) is 9.34. The van der Waals surface area contributed by atoms with Gasteiger partial charge in [-0.3, -0.25) is 0 Å². The summed E-state index contributed by atoms with van der Waals surface area (Å²) in [5.74, 6) is -0.115. The molecule has 1 aromatic heterocycles. The van der Waals surface area contributed by atoms with Gasteiger partial charge in [0.2, 0.25) is 5.88 Å². The SMILES string of the molecule is CC(C)NC(=O)NCc1cccnc1Oc1ccccc1F.